The average Bonchev–Trinajstić information content (AvgIpc) is 2.34. The van der Waals surface area contributed by atoms with E-state index in [1.54, 1.807) is 0 Å². The molecule has 0 bridgehead atoms. The van der Waals surface area contributed by atoms with Crippen molar-refractivity contribution in [1.82, 2.24) is 4.98 Å². The fourth-order valence-corrected chi connectivity index (χ4v) is 2.45. The van der Waals surface area contributed by atoms with Crippen LogP contribution in [0.15, 0.2) is 22.7 Å². The van der Waals surface area contributed by atoms with Crippen LogP contribution in [-0.2, 0) is 0 Å². The number of fused-ring (bicyclic) bond motifs is 1. The Labute approximate surface area is 117 Å². The van der Waals surface area contributed by atoms with E-state index in [1.165, 1.54) is 16.6 Å². The van der Waals surface area contributed by atoms with Gasteiger partial charge in [-0.05, 0) is 47.3 Å². The number of hydrogen-bond donors (Lipinski definition) is 1. The van der Waals surface area contributed by atoms with Crippen LogP contribution in [-0.4, -0.2) is 11.5 Å². The molecule has 0 aliphatic heterocycles. The summed E-state index contributed by atoms with van der Waals surface area (Å²) in [5.41, 5.74) is 4.58. The monoisotopic (exact) mass is 306 g/mol. The minimum absolute atomic E-state index is 0.430. The van der Waals surface area contributed by atoms with Crippen molar-refractivity contribution in [3.05, 3.63) is 33.9 Å². The number of benzene rings is 1. The normalized spacial score (nSPS) is 11.2. The first kappa shape index (κ1) is 13.3. The second-order valence-corrected chi connectivity index (χ2v) is 5.67. The van der Waals surface area contributed by atoms with E-state index in [4.69, 9.17) is 4.98 Å². The largest absolute Gasteiger partial charge is 0.385 e. The van der Waals surface area contributed by atoms with E-state index in [1.807, 2.05) is 0 Å². The van der Waals surface area contributed by atoms with Gasteiger partial charge in [-0.2, -0.15) is 0 Å². The van der Waals surface area contributed by atoms with Crippen molar-refractivity contribution < 1.29 is 0 Å². The molecule has 0 fully saturated rings. The number of nitrogens with zero attached hydrogens (tertiary/aromatic N) is 1. The Kier molecular flexibility index (Phi) is 3.91. The Bertz CT molecular complexity index is 576. The van der Waals surface area contributed by atoms with Crippen molar-refractivity contribution in [1.29, 1.82) is 0 Å². The first-order valence-electron chi connectivity index (χ1n) is 6.38. The molecule has 3 heteroatoms. The quantitative estimate of drug-likeness (QED) is 0.876. The summed E-state index contributed by atoms with van der Waals surface area (Å²) in [5, 5.41) is 4.61. The van der Waals surface area contributed by atoms with Crippen molar-refractivity contribution in [3.8, 4) is 0 Å². The predicted octanol–water partition coefficient (Wildman–Crippen LogP) is 4.86. The maximum Gasteiger partial charge on any atom is 0.0870 e. The number of anilines is 1. The zero-order valence-corrected chi connectivity index (χ0v) is 12.9. The van der Waals surface area contributed by atoms with Crippen LogP contribution in [0.2, 0.25) is 0 Å². The van der Waals surface area contributed by atoms with Crippen molar-refractivity contribution in [2.75, 3.05) is 11.9 Å². The van der Waals surface area contributed by atoms with Crippen LogP contribution in [0.4, 0.5) is 5.69 Å². The highest BCUT2D eigenvalue weighted by molar-refractivity contribution is 9.10. The zero-order valence-electron chi connectivity index (χ0n) is 11.3. The molecule has 0 unspecified atom stereocenters. The summed E-state index contributed by atoms with van der Waals surface area (Å²) >= 11 is 3.66. The molecule has 18 heavy (non-hydrogen) atoms. The van der Waals surface area contributed by atoms with Crippen molar-refractivity contribution in [3.63, 3.8) is 0 Å². The second-order valence-electron chi connectivity index (χ2n) is 4.87. The lowest BCUT2D eigenvalue weighted by atomic mass is 10.0. The van der Waals surface area contributed by atoms with Crippen molar-refractivity contribution >= 4 is 32.5 Å². The van der Waals surface area contributed by atoms with Gasteiger partial charge in [-0.25, -0.2) is 0 Å². The molecule has 0 aliphatic rings. The predicted molar refractivity (Wildman–Crippen MR) is 82.4 cm³/mol. The summed E-state index contributed by atoms with van der Waals surface area (Å²) in [7, 11) is 0. The molecule has 1 heterocycles. The minimum atomic E-state index is 0.430. The van der Waals surface area contributed by atoms with E-state index in [2.05, 4.69) is 67.1 Å². The summed E-state index contributed by atoms with van der Waals surface area (Å²) in [6, 6.07) is 6.44. The maximum absolute atomic E-state index is 4.79. The zero-order chi connectivity index (χ0) is 13.3. The van der Waals surface area contributed by atoms with Gasteiger partial charge in [0, 0.05) is 27.8 Å². The number of pyridine rings is 1. The Balaban J connectivity index is 2.77. The third kappa shape index (κ3) is 2.37. The van der Waals surface area contributed by atoms with E-state index in [9.17, 15) is 0 Å². The number of rotatable bonds is 3. The molecule has 0 saturated carbocycles. The lowest BCUT2D eigenvalue weighted by molar-refractivity contribution is 0.829. The fourth-order valence-electron chi connectivity index (χ4n) is 2.01. The summed E-state index contributed by atoms with van der Waals surface area (Å²) < 4.78 is 1.10. The molecule has 0 amide bonds. The van der Waals surface area contributed by atoms with Gasteiger partial charge in [-0.1, -0.05) is 26.0 Å². The van der Waals surface area contributed by atoms with Gasteiger partial charge < -0.3 is 5.32 Å². The molecule has 2 rings (SSSR count). The van der Waals surface area contributed by atoms with E-state index in [0.29, 0.717) is 5.92 Å². The second kappa shape index (κ2) is 5.27. The molecule has 0 radical (unpaired) electrons. The van der Waals surface area contributed by atoms with Gasteiger partial charge in [0.05, 0.1) is 5.52 Å². The van der Waals surface area contributed by atoms with Gasteiger partial charge in [0.1, 0.15) is 0 Å². The summed E-state index contributed by atoms with van der Waals surface area (Å²) in [5.74, 6) is 0.430. The highest BCUT2D eigenvalue weighted by atomic mass is 79.9. The summed E-state index contributed by atoms with van der Waals surface area (Å²) in [6.07, 6.45) is 0. The number of hydrogen-bond acceptors (Lipinski definition) is 2. The molecular weight excluding hydrogens is 288 g/mol. The van der Waals surface area contributed by atoms with Crippen LogP contribution in [0.25, 0.3) is 10.9 Å². The van der Waals surface area contributed by atoms with Crippen LogP contribution in [0.1, 0.15) is 37.9 Å². The third-order valence-corrected chi connectivity index (χ3v) is 4.09. The number of nitrogens with one attached hydrogen (secondary N) is 1. The molecule has 0 spiro atoms. The minimum Gasteiger partial charge on any atom is -0.385 e. The smallest absolute Gasteiger partial charge is 0.0870 e. The average molecular weight is 307 g/mol. The Hall–Kier alpha value is -1.09. The molecule has 0 atom stereocenters. The first-order valence-corrected chi connectivity index (χ1v) is 7.17. The standard InChI is InChI=1S/C15H19BrN2/c1-5-17-13-8-12(9(2)3)18-15-11(13)7-6-10(4)14(15)16/h6-9H,5H2,1-4H3,(H,17,18). The molecule has 1 aromatic carbocycles. The maximum atomic E-state index is 4.79. The molecule has 2 nitrogen and oxygen atoms in total. The molecule has 1 N–H and O–H groups in total. The van der Waals surface area contributed by atoms with E-state index in [-0.39, 0.29) is 0 Å². The van der Waals surface area contributed by atoms with Crippen LogP contribution < -0.4 is 5.32 Å². The molecule has 96 valence electrons. The number of aryl methyl sites for hydroxylation is 1. The third-order valence-electron chi connectivity index (χ3n) is 3.09. The summed E-state index contributed by atoms with van der Waals surface area (Å²) in [6.45, 7) is 9.48. The SMILES string of the molecule is CCNc1cc(C(C)C)nc2c(Br)c(C)ccc12. The Morgan fingerprint density at radius 1 is 1.33 bits per heavy atom. The van der Waals surface area contributed by atoms with Gasteiger partial charge >= 0.3 is 0 Å². The fraction of sp³-hybridized carbons (Fsp3) is 0.400. The molecule has 2 aromatic rings. The van der Waals surface area contributed by atoms with Crippen LogP contribution in [0, 0.1) is 6.92 Å². The van der Waals surface area contributed by atoms with E-state index < -0.39 is 0 Å². The molecular formula is C15H19BrN2. The van der Waals surface area contributed by atoms with E-state index >= 15 is 0 Å². The molecule has 0 aliphatic carbocycles. The Morgan fingerprint density at radius 3 is 2.67 bits per heavy atom. The van der Waals surface area contributed by atoms with Crippen molar-refractivity contribution in [2.24, 2.45) is 0 Å². The van der Waals surface area contributed by atoms with Gasteiger partial charge in [0.15, 0.2) is 0 Å². The van der Waals surface area contributed by atoms with Crippen molar-refractivity contribution in [2.45, 2.75) is 33.6 Å². The van der Waals surface area contributed by atoms with Gasteiger partial charge in [-0.15, -0.1) is 0 Å². The van der Waals surface area contributed by atoms with Crippen LogP contribution in [0.3, 0.4) is 0 Å². The summed E-state index contributed by atoms with van der Waals surface area (Å²) in [4.78, 5) is 4.79. The number of halogens is 1. The lowest BCUT2D eigenvalue weighted by Crippen LogP contribution is -2.02. The topological polar surface area (TPSA) is 24.9 Å². The Morgan fingerprint density at radius 2 is 2.06 bits per heavy atom. The highest BCUT2D eigenvalue weighted by Gasteiger charge is 2.11. The van der Waals surface area contributed by atoms with Gasteiger partial charge in [0.2, 0.25) is 0 Å². The highest BCUT2D eigenvalue weighted by Crippen LogP contribution is 2.32. The van der Waals surface area contributed by atoms with Gasteiger partial charge in [0.25, 0.3) is 0 Å². The lowest BCUT2D eigenvalue weighted by Gasteiger charge is -2.14. The van der Waals surface area contributed by atoms with Gasteiger partial charge in [-0.3, -0.25) is 4.98 Å². The van der Waals surface area contributed by atoms with Crippen LogP contribution >= 0.6 is 15.9 Å². The number of aromatic nitrogens is 1. The van der Waals surface area contributed by atoms with E-state index in [0.717, 1.165) is 22.2 Å². The van der Waals surface area contributed by atoms with Crippen LogP contribution in [0.5, 0.6) is 0 Å². The first-order chi connectivity index (χ1) is 8.54. The molecule has 0 saturated heterocycles. The molecule has 1 aromatic heterocycles.